The van der Waals surface area contributed by atoms with Crippen LogP contribution in [0.3, 0.4) is 0 Å². The Morgan fingerprint density at radius 3 is 2.29 bits per heavy atom. The fraction of sp³-hybridized carbons (Fsp3) is 1.00. The highest BCUT2D eigenvalue weighted by Gasteiger charge is 2.27. The van der Waals surface area contributed by atoms with Crippen molar-refractivity contribution in [2.75, 3.05) is 7.11 Å². The second kappa shape index (κ2) is 1.80. The zero-order chi connectivity index (χ0) is 5.28. The Morgan fingerprint density at radius 1 is 1.57 bits per heavy atom. The molecular weight excluding hydrogens is 92.1 g/mol. The summed E-state index contributed by atoms with van der Waals surface area (Å²) in [6, 6.07) is 0. The summed E-state index contributed by atoms with van der Waals surface area (Å²) in [5.41, 5.74) is 0. The number of rotatable bonds is 1. The van der Waals surface area contributed by atoms with Gasteiger partial charge in [-0.3, -0.25) is 0 Å². The van der Waals surface area contributed by atoms with E-state index < -0.39 is 0 Å². The average Bonchev–Trinajstić information content (AvgIpc) is 1.65. The molecule has 0 radical (unpaired) electrons. The molecule has 0 spiro atoms. The third kappa shape index (κ3) is 0.763. The van der Waals surface area contributed by atoms with Gasteiger partial charge in [0, 0.05) is 7.11 Å². The molecule has 0 saturated heterocycles. The highest BCUT2D eigenvalue weighted by molar-refractivity contribution is 4.79. The first kappa shape index (κ1) is 5.06. The van der Waals surface area contributed by atoms with E-state index in [1.165, 1.54) is 0 Å². The lowest BCUT2D eigenvalue weighted by atomic mass is 9.92. The first-order chi connectivity index (χ1) is 3.34. The first-order valence-electron chi connectivity index (χ1n) is 2.55. The van der Waals surface area contributed by atoms with Crippen molar-refractivity contribution in [1.82, 2.24) is 0 Å². The summed E-state index contributed by atoms with van der Waals surface area (Å²) in [7, 11) is 1.63. The Bertz CT molecular complexity index is 61.1. The van der Waals surface area contributed by atoms with Crippen molar-refractivity contribution in [3.05, 3.63) is 0 Å². The van der Waals surface area contributed by atoms with Gasteiger partial charge in [-0.25, -0.2) is 0 Å². The van der Waals surface area contributed by atoms with Crippen LogP contribution in [0.4, 0.5) is 0 Å². The van der Waals surface area contributed by atoms with Crippen LogP contribution >= 0.6 is 0 Å². The maximum absolute atomic E-state index is 8.78. The van der Waals surface area contributed by atoms with Crippen molar-refractivity contribution in [3.63, 3.8) is 0 Å². The van der Waals surface area contributed by atoms with Gasteiger partial charge >= 0.3 is 0 Å². The van der Waals surface area contributed by atoms with Crippen molar-refractivity contribution in [3.8, 4) is 0 Å². The van der Waals surface area contributed by atoms with Gasteiger partial charge < -0.3 is 9.84 Å². The van der Waals surface area contributed by atoms with Crippen LogP contribution in [-0.2, 0) is 4.74 Å². The van der Waals surface area contributed by atoms with Crippen molar-refractivity contribution in [2.45, 2.75) is 25.0 Å². The van der Waals surface area contributed by atoms with Crippen LogP contribution in [0.25, 0.3) is 0 Å². The number of hydrogen-bond donors (Lipinski definition) is 1. The highest BCUT2D eigenvalue weighted by atomic mass is 16.5. The van der Waals surface area contributed by atoms with Crippen molar-refractivity contribution < 1.29 is 9.84 Å². The van der Waals surface area contributed by atoms with E-state index >= 15 is 0 Å². The molecule has 0 unspecified atom stereocenters. The van der Waals surface area contributed by atoms with Crippen molar-refractivity contribution >= 4 is 0 Å². The second-order valence-electron chi connectivity index (χ2n) is 1.92. The molecule has 1 N–H and O–H groups in total. The lowest BCUT2D eigenvalue weighted by Gasteiger charge is -2.30. The summed E-state index contributed by atoms with van der Waals surface area (Å²) < 4.78 is 4.85. The maximum Gasteiger partial charge on any atom is 0.0831 e. The normalized spacial score (nSPS) is 40.3. The van der Waals surface area contributed by atoms with E-state index in [0.717, 1.165) is 12.8 Å². The van der Waals surface area contributed by atoms with Gasteiger partial charge in [-0.1, -0.05) is 0 Å². The summed E-state index contributed by atoms with van der Waals surface area (Å²) in [5, 5.41) is 8.78. The SMILES string of the molecule is CO[C@@H]1CC[C@H]1O. The molecule has 0 aromatic rings. The molecule has 42 valence electrons. The Kier molecular flexibility index (Phi) is 1.30. The first-order valence-corrected chi connectivity index (χ1v) is 2.55. The summed E-state index contributed by atoms with van der Waals surface area (Å²) in [5.74, 6) is 0. The molecule has 0 aliphatic heterocycles. The monoisotopic (exact) mass is 102 g/mol. The predicted molar refractivity (Wildman–Crippen MR) is 26.0 cm³/mol. The van der Waals surface area contributed by atoms with E-state index in [1.54, 1.807) is 7.11 Å². The Morgan fingerprint density at radius 2 is 2.29 bits per heavy atom. The minimum atomic E-state index is -0.176. The molecular formula is C5H10O2. The molecule has 1 aliphatic rings. The standard InChI is InChI=1S/C5H10O2/c1-7-5-3-2-4(5)6/h4-6H,2-3H2,1H3/t4-,5-/m1/s1. The third-order valence-corrected chi connectivity index (χ3v) is 1.48. The molecule has 1 saturated carbocycles. The molecule has 1 fully saturated rings. The predicted octanol–water partition coefficient (Wildman–Crippen LogP) is 0.156. The van der Waals surface area contributed by atoms with Gasteiger partial charge in [0.05, 0.1) is 12.2 Å². The van der Waals surface area contributed by atoms with Gasteiger partial charge in [0.25, 0.3) is 0 Å². The molecule has 0 heterocycles. The lowest BCUT2D eigenvalue weighted by molar-refractivity contribution is -0.0760. The van der Waals surface area contributed by atoms with Crippen molar-refractivity contribution in [1.29, 1.82) is 0 Å². The fourth-order valence-corrected chi connectivity index (χ4v) is 0.727. The number of aliphatic hydroxyl groups excluding tert-OH is 1. The number of ether oxygens (including phenoxy) is 1. The van der Waals surface area contributed by atoms with Gasteiger partial charge in [0.1, 0.15) is 0 Å². The Balaban J connectivity index is 2.16. The van der Waals surface area contributed by atoms with Crippen LogP contribution in [0.1, 0.15) is 12.8 Å². The van der Waals surface area contributed by atoms with E-state index in [4.69, 9.17) is 9.84 Å². The van der Waals surface area contributed by atoms with Crippen molar-refractivity contribution in [2.24, 2.45) is 0 Å². The molecule has 0 aromatic carbocycles. The van der Waals surface area contributed by atoms with E-state index in [2.05, 4.69) is 0 Å². The summed E-state index contributed by atoms with van der Waals surface area (Å²) in [6.07, 6.45) is 1.90. The van der Waals surface area contributed by atoms with Gasteiger partial charge in [-0.2, -0.15) is 0 Å². The third-order valence-electron chi connectivity index (χ3n) is 1.48. The molecule has 0 amide bonds. The van der Waals surface area contributed by atoms with Gasteiger partial charge in [-0.05, 0) is 12.8 Å². The number of methoxy groups -OCH3 is 1. The topological polar surface area (TPSA) is 29.5 Å². The molecule has 0 bridgehead atoms. The largest absolute Gasteiger partial charge is 0.390 e. The highest BCUT2D eigenvalue weighted by Crippen LogP contribution is 2.21. The smallest absolute Gasteiger partial charge is 0.0831 e. The van der Waals surface area contributed by atoms with E-state index in [9.17, 15) is 0 Å². The van der Waals surface area contributed by atoms with Crippen LogP contribution in [0, 0.1) is 0 Å². The van der Waals surface area contributed by atoms with Gasteiger partial charge in [0.2, 0.25) is 0 Å². The molecule has 2 heteroatoms. The fourth-order valence-electron chi connectivity index (χ4n) is 0.727. The summed E-state index contributed by atoms with van der Waals surface area (Å²) >= 11 is 0. The zero-order valence-electron chi connectivity index (χ0n) is 4.42. The average molecular weight is 102 g/mol. The minimum Gasteiger partial charge on any atom is -0.390 e. The number of aliphatic hydroxyl groups is 1. The van der Waals surface area contributed by atoms with Crippen LogP contribution < -0.4 is 0 Å². The summed E-state index contributed by atoms with van der Waals surface area (Å²) in [4.78, 5) is 0. The Hall–Kier alpha value is -0.0800. The molecule has 1 aliphatic carbocycles. The van der Waals surface area contributed by atoms with Gasteiger partial charge in [-0.15, -0.1) is 0 Å². The molecule has 2 nitrogen and oxygen atoms in total. The lowest BCUT2D eigenvalue weighted by Crippen LogP contribution is -2.37. The van der Waals surface area contributed by atoms with Crippen LogP contribution in [0.2, 0.25) is 0 Å². The molecule has 0 aromatic heterocycles. The quantitative estimate of drug-likeness (QED) is 0.511. The molecule has 2 atom stereocenters. The van der Waals surface area contributed by atoms with E-state index in [0.29, 0.717) is 0 Å². The second-order valence-corrected chi connectivity index (χ2v) is 1.92. The summed E-state index contributed by atoms with van der Waals surface area (Å²) in [6.45, 7) is 0. The molecule has 7 heavy (non-hydrogen) atoms. The van der Waals surface area contributed by atoms with E-state index in [1.807, 2.05) is 0 Å². The van der Waals surface area contributed by atoms with Crippen LogP contribution in [0.15, 0.2) is 0 Å². The van der Waals surface area contributed by atoms with Gasteiger partial charge in [0.15, 0.2) is 0 Å². The number of hydrogen-bond acceptors (Lipinski definition) is 2. The molecule has 1 rings (SSSR count). The van der Waals surface area contributed by atoms with Crippen LogP contribution in [-0.4, -0.2) is 24.4 Å². The van der Waals surface area contributed by atoms with Crippen LogP contribution in [0.5, 0.6) is 0 Å². The minimum absolute atomic E-state index is 0.139. The maximum atomic E-state index is 8.78. The zero-order valence-corrected chi connectivity index (χ0v) is 4.42. The Labute approximate surface area is 43.1 Å². The van der Waals surface area contributed by atoms with E-state index in [-0.39, 0.29) is 12.2 Å².